The van der Waals surface area contributed by atoms with Crippen LogP contribution >= 0.6 is 0 Å². The molecule has 4 aromatic rings. The Hall–Kier alpha value is -3.17. The van der Waals surface area contributed by atoms with Gasteiger partial charge in [0.2, 0.25) is 0 Å². The Labute approximate surface area is 173 Å². The molecule has 0 saturated heterocycles. The van der Waals surface area contributed by atoms with E-state index in [2.05, 4.69) is 0 Å². The molecule has 3 aromatic carbocycles. The first-order valence-electron chi connectivity index (χ1n) is 8.99. The maximum atomic E-state index is 13.2. The van der Waals surface area contributed by atoms with Gasteiger partial charge in [-0.05, 0) is 42.0 Å². The number of imidazole rings is 1. The summed E-state index contributed by atoms with van der Waals surface area (Å²) in [6.07, 6.45) is 1.12. The predicted octanol–water partition coefficient (Wildman–Crippen LogP) is 2.49. The van der Waals surface area contributed by atoms with E-state index in [1.807, 2.05) is 0 Å². The SMILES string of the molecule is CS(=O)(=O)c1ccc(Cn2c(=O)n(S(=O)(=O)c3ccccc3)c3ccccc32)cc1. The van der Waals surface area contributed by atoms with E-state index in [1.165, 1.54) is 28.8 Å². The first-order valence-corrected chi connectivity index (χ1v) is 12.3. The Kier molecular flexibility index (Phi) is 4.87. The molecule has 0 saturated carbocycles. The van der Waals surface area contributed by atoms with Crippen molar-refractivity contribution in [3.63, 3.8) is 0 Å². The average Bonchev–Trinajstić information content (AvgIpc) is 3.00. The fourth-order valence-corrected chi connectivity index (χ4v) is 5.35. The number of aromatic nitrogens is 2. The molecule has 7 nitrogen and oxygen atoms in total. The molecular formula is C21H18N2O5S2. The van der Waals surface area contributed by atoms with Crippen molar-refractivity contribution in [3.8, 4) is 0 Å². The average molecular weight is 443 g/mol. The third kappa shape index (κ3) is 3.46. The van der Waals surface area contributed by atoms with Crippen molar-refractivity contribution in [3.05, 3.63) is 94.9 Å². The molecule has 1 heterocycles. The highest BCUT2D eigenvalue weighted by Gasteiger charge is 2.25. The second kappa shape index (κ2) is 7.26. The van der Waals surface area contributed by atoms with Gasteiger partial charge in [0.05, 0.1) is 27.4 Å². The Morgan fingerprint density at radius 1 is 0.700 bits per heavy atom. The van der Waals surface area contributed by atoms with Crippen molar-refractivity contribution in [2.24, 2.45) is 0 Å². The van der Waals surface area contributed by atoms with Crippen LogP contribution in [0.25, 0.3) is 11.0 Å². The van der Waals surface area contributed by atoms with Crippen LogP contribution in [0.5, 0.6) is 0 Å². The molecular weight excluding hydrogens is 424 g/mol. The summed E-state index contributed by atoms with van der Waals surface area (Å²) >= 11 is 0. The third-order valence-corrected chi connectivity index (χ3v) is 7.60. The van der Waals surface area contributed by atoms with E-state index in [0.29, 0.717) is 11.1 Å². The number of para-hydroxylation sites is 2. The number of rotatable bonds is 5. The monoisotopic (exact) mass is 442 g/mol. The molecule has 0 unspecified atom stereocenters. The smallest absolute Gasteiger partial charge is 0.287 e. The minimum atomic E-state index is -4.09. The van der Waals surface area contributed by atoms with Crippen LogP contribution in [-0.4, -0.2) is 31.6 Å². The highest BCUT2D eigenvalue weighted by molar-refractivity contribution is 7.90. The summed E-state index contributed by atoms with van der Waals surface area (Å²) in [5.41, 5.74) is 0.727. The second-order valence-electron chi connectivity index (χ2n) is 6.86. The third-order valence-electron chi connectivity index (χ3n) is 4.77. The lowest BCUT2D eigenvalue weighted by atomic mass is 10.2. The Morgan fingerprint density at radius 2 is 1.27 bits per heavy atom. The topological polar surface area (TPSA) is 95.2 Å². The van der Waals surface area contributed by atoms with Gasteiger partial charge in [0.1, 0.15) is 0 Å². The first-order chi connectivity index (χ1) is 14.2. The molecule has 4 rings (SSSR count). The van der Waals surface area contributed by atoms with Crippen molar-refractivity contribution in [2.75, 3.05) is 6.26 Å². The second-order valence-corrected chi connectivity index (χ2v) is 10.7. The molecule has 1 aromatic heterocycles. The van der Waals surface area contributed by atoms with Crippen LogP contribution in [-0.2, 0) is 26.4 Å². The van der Waals surface area contributed by atoms with E-state index in [9.17, 15) is 21.6 Å². The summed E-state index contributed by atoms with van der Waals surface area (Å²) in [6, 6.07) is 20.6. The number of benzene rings is 3. The minimum absolute atomic E-state index is 0.0208. The van der Waals surface area contributed by atoms with E-state index in [4.69, 9.17) is 0 Å². The van der Waals surface area contributed by atoms with E-state index < -0.39 is 25.6 Å². The summed E-state index contributed by atoms with van der Waals surface area (Å²) in [7, 11) is -7.42. The molecule has 0 fully saturated rings. The Bertz CT molecular complexity index is 1500. The lowest BCUT2D eigenvalue weighted by molar-refractivity contribution is 0.584. The summed E-state index contributed by atoms with van der Waals surface area (Å²) in [5.74, 6) is 0. The minimum Gasteiger partial charge on any atom is -0.287 e. The summed E-state index contributed by atoms with van der Waals surface area (Å²) in [6.45, 7) is 0.0979. The van der Waals surface area contributed by atoms with Gasteiger partial charge in [-0.1, -0.05) is 42.5 Å². The van der Waals surface area contributed by atoms with Gasteiger partial charge in [-0.25, -0.2) is 21.6 Å². The van der Waals surface area contributed by atoms with Gasteiger partial charge in [0, 0.05) is 6.26 Å². The molecule has 30 heavy (non-hydrogen) atoms. The normalized spacial score (nSPS) is 12.3. The zero-order valence-electron chi connectivity index (χ0n) is 16.0. The molecule has 0 aliphatic rings. The van der Waals surface area contributed by atoms with Crippen molar-refractivity contribution in [2.45, 2.75) is 16.3 Å². The van der Waals surface area contributed by atoms with Crippen molar-refractivity contribution >= 4 is 30.9 Å². The quantitative estimate of drug-likeness (QED) is 0.473. The lowest BCUT2D eigenvalue weighted by Crippen LogP contribution is -2.29. The van der Waals surface area contributed by atoms with Crippen LogP contribution in [0.15, 0.2) is 93.4 Å². The Balaban J connectivity index is 1.87. The molecule has 0 N–H and O–H groups in total. The van der Waals surface area contributed by atoms with Crippen LogP contribution in [0.1, 0.15) is 5.56 Å². The standard InChI is InChI=1S/C21H18N2O5S2/c1-29(25,26)17-13-11-16(12-14-17)15-22-19-9-5-6-10-20(19)23(21(22)24)30(27,28)18-7-3-2-4-8-18/h2-14H,15H2,1H3. The lowest BCUT2D eigenvalue weighted by Gasteiger charge is -2.06. The zero-order valence-corrected chi connectivity index (χ0v) is 17.6. The summed E-state index contributed by atoms with van der Waals surface area (Å²) in [5, 5.41) is 0. The van der Waals surface area contributed by atoms with Gasteiger partial charge < -0.3 is 0 Å². The molecule has 0 radical (unpaired) electrons. The van der Waals surface area contributed by atoms with E-state index in [-0.39, 0.29) is 21.9 Å². The Morgan fingerprint density at radius 3 is 1.87 bits per heavy atom. The maximum Gasteiger partial charge on any atom is 0.343 e. The molecule has 154 valence electrons. The van der Waals surface area contributed by atoms with Gasteiger partial charge in [-0.2, -0.15) is 3.97 Å². The van der Waals surface area contributed by atoms with Gasteiger partial charge in [0.15, 0.2) is 9.84 Å². The number of hydrogen-bond acceptors (Lipinski definition) is 5. The summed E-state index contributed by atoms with van der Waals surface area (Å²) < 4.78 is 51.8. The molecule has 0 aliphatic heterocycles. The number of sulfone groups is 1. The first kappa shape index (κ1) is 20.1. The maximum absolute atomic E-state index is 13.2. The summed E-state index contributed by atoms with van der Waals surface area (Å²) in [4.78, 5) is 13.4. The molecule has 9 heteroatoms. The van der Waals surface area contributed by atoms with E-state index >= 15 is 0 Å². The van der Waals surface area contributed by atoms with Gasteiger partial charge >= 0.3 is 5.69 Å². The van der Waals surface area contributed by atoms with Crippen LogP contribution in [0, 0.1) is 0 Å². The highest BCUT2D eigenvalue weighted by Crippen LogP contribution is 2.21. The predicted molar refractivity (Wildman–Crippen MR) is 114 cm³/mol. The molecule has 0 amide bonds. The molecule has 0 atom stereocenters. The van der Waals surface area contributed by atoms with E-state index in [1.54, 1.807) is 54.6 Å². The van der Waals surface area contributed by atoms with Crippen LogP contribution in [0.3, 0.4) is 0 Å². The van der Waals surface area contributed by atoms with Gasteiger partial charge in [-0.3, -0.25) is 4.57 Å². The number of fused-ring (bicyclic) bond motifs is 1. The fourth-order valence-electron chi connectivity index (χ4n) is 3.29. The largest absolute Gasteiger partial charge is 0.343 e. The van der Waals surface area contributed by atoms with Gasteiger partial charge in [0.25, 0.3) is 10.0 Å². The van der Waals surface area contributed by atoms with Crippen LogP contribution in [0.2, 0.25) is 0 Å². The fraction of sp³-hybridized carbons (Fsp3) is 0.0952. The zero-order chi connectivity index (χ0) is 21.5. The highest BCUT2D eigenvalue weighted by atomic mass is 32.2. The van der Waals surface area contributed by atoms with Crippen molar-refractivity contribution < 1.29 is 16.8 Å². The number of nitrogens with zero attached hydrogens (tertiary/aromatic N) is 2. The van der Waals surface area contributed by atoms with Crippen LogP contribution < -0.4 is 5.69 Å². The number of hydrogen-bond donors (Lipinski definition) is 0. The van der Waals surface area contributed by atoms with E-state index in [0.717, 1.165) is 10.2 Å². The molecule has 0 bridgehead atoms. The van der Waals surface area contributed by atoms with Crippen LogP contribution in [0.4, 0.5) is 0 Å². The molecule has 0 spiro atoms. The van der Waals surface area contributed by atoms with Crippen molar-refractivity contribution in [1.29, 1.82) is 0 Å². The molecule has 0 aliphatic carbocycles. The van der Waals surface area contributed by atoms with Gasteiger partial charge in [-0.15, -0.1) is 0 Å². The van der Waals surface area contributed by atoms with Crippen molar-refractivity contribution in [1.82, 2.24) is 8.54 Å².